The Morgan fingerprint density at radius 3 is 2.78 bits per heavy atom. The van der Waals surface area contributed by atoms with E-state index in [4.69, 9.17) is 4.42 Å². The van der Waals surface area contributed by atoms with Crippen molar-refractivity contribution in [3.8, 4) is 11.6 Å². The second-order valence-corrected chi connectivity index (χ2v) is 4.37. The molecule has 0 unspecified atom stereocenters. The summed E-state index contributed by atoms with van der Waals surface area (Å²) in [5.41, 5.74) is 2.21. The summed E-state index contributed by atoms with van der Waals surface area (Å²) < 4.78 is 7.78. The maximum Gasteiger partial charge on any atom is 0.264 e. The number of rotatable bonds is 3. The highest BCUT2D eigenvalue weighted by molar-refractivity contribution is 5.85. The third kappa shape index (κ3) is 1.70. The number of fused-ring (bicyclic) bond motifs is 1. The van der Waals surface area contributed by atoms with Gasteiger partial charge in [-0.15, -0.1) is 10.2 Å². The normalized spacial score (nSPS) is 11.2. The molecule has 0 amide bonds. The Labute approximate surface area is 105 Å². The van der Waals surface area contributed by atoms with Crippen LogP contribution in [0.1, 0.15) is 19.2 Å². The summed E-state index contributed by atoms with van der Waals surface area (Å²) in [6, 6.07) is 10.4. The Bertz CT molecular complexity index is 681. The van der Waals surface area contributed by atoms with Gasteiger partial charge in [0.05, 0.1) is 0 Å². The van der Waals surface area contributed by atoms with Crippen LogP contribution in [-0.4, -0.2) is 14.8 Å². The highest BCUT2D eigenvalue weighted by Gasteiger charge is 2.14. The minimum Gasteiger partial charge on any atom is -0.420 e. The first-order valence-electron chi connectivity index (χ1n) is 6.18. The largest absolute Gasteiger partial charge is 0.420 e. The number of aryl methyl sites for hydroxylation is 2. The molecular weight excluding hydrogens is 226 g/mol. The van der Waals surface area contributed by atoms with E-state index in [9.17, 15) is 0 Å². The van der Waals surface area contributed by atoms with Crippen LogP contribution in [0.4, 0.5) is 0 Å². The van der Waals surface area contributed by atoms with Gasteiger partial charge in [0.25, 0.3) is 5.89 Å². The lowest BCUT2D eigenvalue weighted by atomic mass is 10.2. The number of hydrogen-bond donors (Lipinski definition) is 0. The van der Waals surface area contributed by atoms with Crippen LogP contribution in [0.2, 0.25) is 0 Å². The van der Waals surface area contributed by atoms with Gasteiger partial charge in [-0.05, 0) is 18.6 Å². The Morgan fingerprint density at radius 1 is 1.22 bits per heavy atom. The molecule has 2 heterocycles. The fourth-order valence-corrected chi connectivity index (χ4v) is 2.25. The number of benzene rings is 1. The van der Waals surface area contributed by atoms with Gasteiger partial charge in [0, 0.05) is 24.4 Å². The summed E-state index contributed by atoms with van der Waals surface area (Å²) in [5.74, 6) is 1.19. The highest BCUT2D eigenvalue weighted by Crippen LogP contribution is 2.27. The van der Waals surface area contributed by atoms with Crippen molar-refractivity contribution in [2.45, 2.75) is 26.8 Å². The molecule has 0 bridgehead atoms. The number of nitrogens with zero attached hydrogens (tertiary/aromatic N) is 3. The predicted octanol–water partition coefficient (Wildman–Crippen LogP) is 3.41. The molecule has 0 aliphatic rings. The topological polar surface area (TPSA) is 43.9 Å². The van der Waals surface area contributed by atoms with E-state index in [1.54, 1.807) is 0 Å². The first-order chi connectivity index (χ1) is 8.79. The summed E-state index contributed by atoms with van der Waals surface area (Å²) in [4.78, 5) is 0. The van der Waals surface area contributed by atoms with Gasteiger partial charge in [-0.1, -0.05) is 25.1 Å². The standard InChI is InChI=1S/C14H15N3O/c1-3-8-17-12-7-5-4-6-11(12)9-13(17)14-16-15-10(2)18-14/h4-7,9H,3,8H2,1-2H3. The Balaban J connectivity index is 2.24. The van der Waals surface area contributed by atoms with Crippen LogP contribution < -0.4 is 0 Å². The van der Waals surface area contributed by atoms with E-state index in [-0.39, 0.29) is 0 Å². The van der Waals surface area contributed by atoms with Gasteiger partial charge in [0.1, 0.15) is 5.69 Å². The molecule has 0 atom stereocenters. The SMILES string of the molecule is CCCn1c(-c2nnc(C)o2)cc2ccccc21. The maximum atomic E-state index is 5.54. The Kier molecular flexibility index (Phi) is 2.63. The first kappa shape index (κ1) is 11.0. The zero-order chi connectivity index (χ0) is 12.5. The van der Waals surface area contributed by atoms with Crippen LogP contribution in [0.5, 0.6) is 0 Å². The van der Waals surface area contributed by atoms with E-state index >= 15 is 0 Å². The fraction of sp³-hybridized carbons (Fsp3) is 0.286. The first-order valence-corrected chi connectivity index (χ1v) is 6.18. The lowest BCUT2D eigenvalue weighted by molar-refractivity contribution is 0.526. The highest BCUT2D eigenvalue weighted by atomic mass is 16.4. The molecule has 0 fully saturated rings. The lowest BCUT2D eigenvalue weighted by Gasteiger charge is -2.06. The van der Waals surface area contributed by atoms with Crippen molar-refractivity contribution < 1.29 is 4.42 Å². The molecule has 3 aromatic rings. The Morgan fingerprint density at radius 2 is 2.06 bits per heavy atom. The molecule has 0 aliphatic heterocycles. The summed E-state index contributed by atoms with van der Waals surface area (Å²) in [6.45, 7) is 4.92. The molecular formula is C14H15N3O. The van der Waals surface area contributed by atoms with E-state index in [0.717, 1.165) is 18.7 Å². The molecule has 0 radical (unpaired) electrons. The maximum absolute atomic E-state index is 5.54. The van der Waals surface area contributed by atoms with Crippen LogP contribution in [-0.2, 0) is 6.54 Å². The van der Waals surface area contributed by atoms with Crippen LogP contribution in [0, 0.1) is 6.92 Å². The average molecular weight is 241 g/mol. The number of aromatic nitrogens is 3. The molecule has 0 saturated heterocycles. The molecule has 0 aliphatic carbocycles. The number of hydrogen-bond acceptors (Lipinski definition) is 3. The van der Waals surface area contributed by atoms with Gasteiger partial charge >= 0.3 is 0 Å². The van der Waals surface area contributed by atoms with Crippen molar-refractivity contribution in [1.82, 2.24) is 14.8 Å². The molecule has 4 nitrogen and oxygen atoms in total. The van der Waals surface area contributed by atoms with Crippen molar-refractivity contribution in [3.05, 3.63) is 36.2 Å². The van der Waals surface area contributed by atoms with E-state index in [2.05, 4.69) is 46.0 Å². The summed E-state index contributed by atoms with van der Waals surface area (Å²) in [7, 11) is 0. The molecule has 2 aromatic heterocycles. The zero-order valence-electron chi connectivity index (χ0n) is 10.6. The van der Waals surface area contributed by atoms with Crippen molar-refractivity contribution in [2.75, 3.05) is 0 Å². The average Bonchev–Trinajstić information content (AvgIpc) is 2.95. The molecule has 0 N–H and O–H groups in total. The molecule has 0 saturated carbocycles. The zero-order valence-corrected chi connectivity index (χ0v) is 10.6. The van der Waals surface area contributed by atoms with Gasteiger partial charge in [-0.3, -0.25) is 0 Å². The lowest BCUT2D eigenvalue weighted by Crippen LogP contribution is -1.98. The minimum absolute atomic E-state index is 0.595. The van der Waals surface area contributed by atoms with Crippen molar-refractivity contribution >= 4 is 10.9 Å². The van der Waals surface area contributed by atoms with Crippen LogP contribution >= 0.6 is 0 Å². The van der Waals surface area contributed by atoms with E-state index in [1.165, 1.54) is 10.9 Å². The second-order valence-electron chi connectivity index (χ2n) is 4.37. The monoisotopic (exact) mass is 241 g/mol. The molecule has 0 spiro atoms. The summed E-state index contributed by atoms with van der Waals surface area (Å²) >= 11 is 0. The number of para-hydroxylation sites is 1. The summed E-state index contributed by atoms with van der Waals surface area (Å²) in [5, 5.41) is 9.23. The van der Waals surface area contributed by atoms with Crippen molar-refractivity contribution in [1.29, 1.82) is 0 Å². The van der Waals surface area contributed by atoms with Crippen molar-refractivity contribution in [3.63, 3.8) is 0 Å². The van der Waals surface area contributed by atoms with Gasteiger partial charge in [-0.2, -0.15) is 0 Å². The second kappa shape index (κ2) is 4.29. The van der Waals surface area contributed by atoms with Crippen LogP contribution in [0.3, 0.4) is 0 Å². The fourth-order valence-electron chi connectivity index (χ4n) is 2.25. The van der Waals surface area contributed by atoms with Crippen LogP contribution in [0.25, 0.3) is 22.5 Å². The Hall–Kier alpha value is -2.10. The molecule has 92 valence electrons. The molecule has 4 heteroatoms. The van der Waals surface area contributed by atoms with E-state index in [1.807, 2.05) is 13.0 Å². The molecule has 3 rings (SSSR count). The van der Waals surface area contributed by atoms with Crippen LogP contribution in [0.15, 0.2) is 34.7 Å². The molecule has 1 aromatic carbocycles. The van der Waals surface area contributed by atoms with E-state index < -0.39 is 0 Å². The minimum atomic E-state index is 0.595. The molecule has 18 heavy (non-hydrogen) atoms. The van der Waals surface area contributed by atoms with Gasteiger partial charge < -0.3 is 8.98 Å². The van der Waals surface area contributed by atoms with Gasteiger partial charge in [0.15, 0.2) is 0 Å². The predicted molar refractivity (Wildman–Crippen MR) is 70.3 cm³/mol. The van der Waals surface area contributed by atoms with Gasteiger partial charge in [0.2, 0.25) is 5.89 Å². The third-order valence-electron chi connectivity index (χ3n) is 3.00. The summed E-state index contributed by atoms with van der Waals surface area (Å²) in [6.07, 6.45) is 1.07. The van der Waals surface area contributed by atoms with Crippen molar-refractivity contribution in [2.24, 2.45) is 0 Å². The quantitative estimate of drug-likeness (QED) is 0.705. The van der Waals surface area contributed by atoms with E-state index in [0.29, 0.717) is 11.8 Å². The smallest absolute Gasteiger partial charge is 0.264 e. The third-order valence-corrected chi connectivity index (χ3v) is 3.00. The van der Waals surface area contributed by atoms with Gasteiger partial charge in [-0.25, -0.2) is 0 Å².